The van der Waals surface area contributed by atoms with Crippen molar-refractivity contribution in [2.75, 3.05) is 26.2 Å². The monoisotopic (exact) mass is 186 g/mol. The Morgan fingerprint density at radius 3 is 2.23 bits per heavy atom. The highest BCUT2D eigenvalue weighted by atomic mass is 15.1. The highest BCUT2D eigenvalue weighted by molar-refractivity contribution is 4.59. The summed E-state index contributed by atoms with van der Waals surface area (Å²) in [5, 5.41) is 3.51. The molecule has 0 amide bonds. The molecule has 0 aromatic heterocycles. The molecule has 0 aliphatic heterocycles. The lowest BCUT2D eigenvalue weighted by Gasteiger charge is -2.18. The Bertz CT molecular complexity index is 100. The maximum absolute atomic E-state index is 3.51. The number of nitrogens with zero attached hydrogens (tertiary/aromatic N) is 1. The summed E-state index contributed by atoms with van der Waals surface area (Å²) in [6, 6.07) is 0.678. The zero-order chi connectivity index (χ0) is 10.1. The second-order valence-electron chi connectivity index (χ2n) is 3.64. The van der Waals surface area contributed by atoms with Crippen LogP contribution in [0.1, 0.15) is 40.5 Å². The molecular formula is C11H26N2. The topological polar surface area (TPSA) is 15.3 Å². The van der Waals surface area contributed by atoms with Gasteiger partial charge in [0.25, 0.3) is 0 Å². The van der Waals surface area contributed by atoms with Crippen molar-refractivity contribution in [2.45, 2.75) is 46.6 Å². The van der Waals surface area contributed by atoms with Crippen LogP contribution in [0.15, 0.2) is 0 Å². The van der Waals surface area contributed by atoms with Crippen LogP contribution in [0.5, 0.6) is 0 Å². The molecule has 0 saturated heterocycles. The lowest BCUT2D eigenvalue weighted by Crippen LogP contribution is -2.30. The maximum atomic E-state index is 3.51. The summed E-state index contributed by atoms with van der Waals surface area (Å²) in [4.78, 5) is 2.47. The first-order chi connectivity index (χ1) is 6.24. The molecule has 13 heavy (non-hydrogen) atoms. The van der Waals surface area contributed by atoms with Crippen molar-refractivity contribution < 1.29 is 0 Å². The van der Waals surface area contributed by atoms with Gasteiger partial charge in [0, 0.05) is 6.04 Å². The van der Waals surface area contributed by atoms with Crippen molar-refractivity contribution in [3.05, 3.63) is 0 Å². The quantitative estimate of drug-likeness (QED) is 0.584. The zero-order valence-corrected chi connectivity index (χ0v) is 9.77. The lowest BCUT2D eigenvalue weighted by atomic mass is 10.2. The van der Waals surface area contributed by atoms with Crippen LogP contribution in [0.3, 0.4) is 0 Å². The fraction of sp³-hybridized carbons (Fsp3) is 1.00. The Morgan fingerprint density at radius 2 is 1.77 bits per heavy atom. The van der Waals surface area contributed by atoms with E-state index in [4.69, 9.17) is 0 Å². The van der Waals surface area contributed by atoms with Gasteiger partial charge in [0.1, 0.15) is 0 Å². The van der Waals surface area contributed by atoms with Crippen LogP contribution >= 0.6 is 0 Å². The molecule has 0 rings (SSSR count). The summed E-state index contributed by atoms with van der Waals surface area (Å²) >= 11 is 0. The van der Waals surface area contributed by atoms with Gasteiger partial charge in [0.15, 0.2) is 0 Å². The van der Waals surface area contributed by atoms with Crippen molar-refractivity contribution in [2.24, 2.45) is 0 Å². The van der Waals surface area contributed by atoms with E-state index in [-0.39, 0.29) is 0 Å². The van der Waals surface area contributed by atoms with E-state index < -0.39 is 0 Å². The lowest BCUT2D eigenvalue weighted by molar-refractivity contribution is 0.296. The standard InChI is InChI=1S/C11H26N2/c1-5-11(4)12-9-8-10-13(6-2)7-3/h11-12H,5-10H2,1-4H3. The summed E-state index contributed by atoms with van der Waals surface area (Å²) in [7, 11) is 0. The predicted octanol–water partition coefficient (Wildman–Crippen LogP) is 2.11. The third-order valence-corrected chi connectivity index (χ3v) is 2.65. The summed E-state index contributed by atoms with van der Waals surface area (Å²) in [5.74, 6) is 0. The van der Waals surface area contributed by atoms with E-state index in [0.717, 1.165) is 6.54 Å². The summed E-state index contributed by atoms with van der Waals surface area (Å²) < 4.78 is 0. The average Bonchev–Trinajstić information content (AvgIpc) is 2.18. The van der Waals surface area contributed by atoms with Crippen LogP contribution < -0.4 is 5.32 Å². The molecule has 1 atom stereocenters. The Labute approximate surface area is 83.7 Å². The van der Waals surface area contributed by atoms with Crippen molar-refractivity contribution in [3.8, 4) is 0 Å². The second kappa shape index (κ2) is 8.52. The van der Waals surface area contributed by atoms with E-state index in [2.05, 4.69) is 37.9 Å². The molecule has 0 aromatic carbocycles. The van der Waals surface area contributed by atoms with Crippen LogP contribution in [-0.4, -0.2) is 37.1 Å². The normalized spacial score (nSPS) is 13.6. The molecular weight excluding hydrogens is 160 g/mol. The van der Waals surface area contributed by atoms with Crippen molar-refractivity contribution in [1.82, 2.24) is 10.2 Å². The molecule has 2 heteroatoms. The average molecular weight is 186 g/mol. The first-order valence-electron chi connectivity index (χ1n) is 5.70. The van der Waals surface area contributed by atoms with Gasteiger partial charge in [-0.25, -0.2) is 0 Å². The van der Waals surface area contributed by atoms with Crippen LogP contribution in [0.25, 0.3) is 0 Å². The molecule has 0 fully saturated rings. The summed E-state index contributed by atoms with van der Waals surface area (Å²) in [6.45, 7) is 13.7. The van der Waals surface area contributed by atoms with Gasteiger partial charge in [-0.1, -0.05) is 20.8 Å². The minimum absolute atomic E-state index is 0.678. The largest absolute Gasteiger partial charge is 0.314 e. The number of hydrogen-bond acceptors (Lipinski definition) is 2. The molecule has 1 N–H and O–H groups in total. The Kier molecular flexibility index (Phi) is 8.46. The van der Waals surface area contributed by atoms with Crippen LogP contribution in [0.4, 0.5) is 0 Å². The minimum atomic E-state index is 0.678. The molecule has 0 aliphatic carbocycles. The second-order valence-corrected chi connectivity index (χ2v) is 3.64. The molecule has 0 spiro atoms. The van der Waals surface area contributed by atoms with E-state index in [0.29, 0.717) is 6.04 Å². The Balaban J connectivity index is 3.23. The van der Waals surface area contributed by atoms with E-state index in [9.17, 15) is 0 Å². The first-order valence-corrected chi connectivity index (χ1v) is 5.70. The molecule has 0 saturated carbocycles. The maximum Gasteiger partial charge on any atom is 0.00361 e. The van der Waals surface area contributed by atoms with E-state index in [1.54, 1.807) is 0 Å². The third-order valence-electron chi connectivity index (χ3n) is 2.65. The first kappa shape index (κ1) is 12.9. The minimum Gasteiger partial charge on any atom is -0.314 e. The molecule has 0 aliphatic rings. The van der Waals surface area contributed by atoms with Crippen molar-refractivity contribution in [1.29, 1.82) is 0 Å². The van der Waals surface area contributed by atoms with E-state index in [1.807, 2.05) is 0 Å². The Hall–Kier alpha value is -0.0800. The van der Waals surface area contributed by atoms with Crippen LogP contribution in [-0.2, 0) is 0 Å². The highest BCUT2D eigenvalue weighted by Crippen LogP contribution is 1.91. The molecule has 0 bridgehead atoms. The van der Waals surface area contributed by atoms with Gasteiger partial charge in [0.05, 0.1) is 0 Å². The fourth-order valence-electron chi connectivity index (χ4n) is 1.34. The number of nitrogens with one attached hydrogen (secondary N) is 1. The molecule has 2 nitrogen and oxygen atoms in total. The SMILES string of the molecule is CCC(C)NCCCN(CC)CC. The smallest absolute Gasteiger partial charge is 0.00361 e. The Morgan fingerprint density at radius 1 is 1.15 bits per heavy atom. The molecule has 0 radical (unpaired) electrons. The van der Waals surface area contributed by atoms with Gasteiger partial charge in [-0.3, -0.25) is 0 Å². The van der Waals surface area contributed by atoms with Gasteiger partial charge < -0.3 is 10.2 Å². The van der Waals surface area contributed by atoms with E-state index in [1.165, 1.54) is 32.5 Å². The van der Waals surface area contributed by atoms with Crippen molar-refractivity contribution >= 4 is 0 Å². The third kappa shape index (κ3) is 7.03. The summed E-state index contributed by atoms with van der Waals surface area (Å²) in [5.41, 5.74) is 0. The number of rotatable bonds is 8. The van der Waals surface area contributed by atoms with Crippen LogP contribution in [0, 0.1) is 0 Å². The summed E-state index contributed by atoms with van der Waals surface area (Å²) in [6.07, 6.45) is 2.50. The highest BCUT2D eigenvalue weighted by Gasteiger charge is 1.99. The van der Waals surface area contributed by atoms with Gasteiger partial charge in [-0.2, -0.15) is 0 Å². The number of hydrogen-bond donors (Lipinski definition) is 1. The molecule has 1 unspecified atom stereocenters. The van der Waals surface area contributed by atoms with Crippen LogP contribution in [0.2, 0.25) is 0 Å². The van der Waals surface area contributed by atoms with E-state index >= 15 is 0 Å². The van der Waals surface area contributed by atoms with Gasteiger partial charge in [-0.05, 0) is 45.9 Å². The van der Waals surface area contributed by atoms with Gasteiger partial charge in [0.2, 0.25) is 0 Å². The molecule has 0 heterocycles. The van der Waals surface area contributed by atoms with Crippen molar-refractivity contribution in [3.63, 3.8) is 0 Å². The zero-order valence-electron chi connectivity index (χ0n) is 9.77. The van der Waals surface area contributed by atoms with Gasteiger partial charge in [-0.15, -0.1) is 0 Å². The molecule has 80 valence electrons. The van der Waals surface area contributed by atoms with Gasteiger partial charge >= 0.3 is 0 Å². The molecule has 0 aromatic rings. The predicted molar refractivity (Wildman–Crippen MR) is 60.2 cm³/mol. The fourth-order valence-corrected chi connectivity index (χ4v) is 1.34.